The summed E-state index contributed by atoms with van der Waals surface area (Å²) in [5, 5.41) is 6.48. The third-order valence-corrected chi connectivity index (χ3v) is 14.9. The molecule has 5 unspecified atom stereocenters. The Labute approximate surface area is 495 Å². The van der Waals surface area contributed by atoms with Crippen molar-refractivity contribution >= 4 is 11.8 Å². The Kier molecular flexibility index (Phi) is 28.4. The van der Waals surface area contributed by atoms with Gasteiger partial charge in [-0.05, 0) is 52.6 Å². The Morgan fingerprint density at radius 1 is 0.482 bits per heavy atom. The average Bonchev–Trinajstić information content (AvgIpc) is 3.48. The van der Waals surface area contributed by atoms with Crippen molar-refractivity contribution in [2.45, 2.75) is 187 Å². The standard InChI is InChI=1S/C71H92N2O10/c1-5-62(77-48-56-35-21-14-22-36-56)65(78-49-57-37-23-15-24-38-57)61(73-64(74)45-31-11-9-7-6-8-10-12-32-46-72-70(75)71(2,3)4)53-82-69-68(81-52-60-43-29-18-30-44-60)67(80-51-59-41-27-17-28-42-59)66(79-50-58-39-25-16-26-40-58)63(83-69)54-76-47-55-33-19-13-20-34-55/h13-30,33-44,61-63,65-69H,5-12,31-32,45-54H2,1-4H3,(H,72,75)(H,73,74)/t61-,62+,63?,65-,66?,67?,68?,69?/m0/s1. The predicted molar refractivity (Wildman–Crippen MR) is 327 cm³/mol. The van der Waals surface area contributed by atoms with E-state index in [4.69, 9.17) is 37.9 Å². The summed E-state index contributed by atoms with van der Waals surface area (Å²) in [5.74, 6) is 0.0142. The van der Waals surface area contributed by atoms with E-state index in [9.17, 15) is 9.59 Å². The molecule has 2 N–H and O–H groups in total. The number of nitrogens with one attached hydrogen (secondary N) is 2. The second kappa shape index (κ2) is 36.6. The number of carbonyl (C=O) groups is 2. The quantitative estimate of drug-likeness (QED) is 0.0361. The molecule has 83 heavy (non-hydrogen) atoms. The zero-order valence-electron chi connectivity index (χ0n) is 49.7. The van der Waals surface area contributed by atoms with E-state index in [-0.39, 0.29) is 50.3 Å². The first-order valence-corrected chi connectivity index (χ1v) is 30.4. The van der Waals surface area contributed by atoms with Crippen LogP contribution in [0.3, 0.4) is 0 Å². The molecule has 0 radical (unpaired) electrons. The Bertz CT molecular complexity index is 2650. The molecular formula is C71H92N2O10. The molecule has 1 heterocycles. The van der Waals surface area contributed by atoms with Crippen LogP contribution in [0.15, 0.2) is 182 Å². The molecule has 1 aliphatic heterocycles. The maximum Gasteiger partial charge on any atom is 0.225 e. The first-order chi connectivity index (χ1) is 40.6. The Balaban J connectivity index is 1.13. The summed E-state index contributed by atoms with van der Waals surface area (Å²) in [7, 11) is 0. The summed E-state index contributed by atoms with van der Waals surface area (Å²) in [6, 6.07) is 59.8. The number of hydrogen-bond acceptors (Lipinski definition) is 10. The van der Waals surface area contributed by atoms with Crippen molar-refractivity contribution in [1.29, 1.82) is 0 Å². The van der Waals surface area contributed by atoms with Crippen LogP contribution in [0, 0.1) is 5.41 Å². The van der Waals surface area contributed by atoms with E-state index in [0.717, 1.165) is 97.7 Å². The molecule has 0 aromatic heterocycles. The van der Waals surface area contributed by atoms with E-state index < -0.39 is 49.0 Å². The maximum atomic E-state index is 14.4. The lowest BCUT2D eigenvalue weighted by Gasteiger charge is -2.46. The van der Waals surface area contributed by atoms with Crippen LogP contribution in [0.5, 0.6) is 0 Å². The highest BCUT2D eigenvalue weighted by Crippen LogP contribution is 2.33. The normalized spacial score (nSPS) is 18.2. The van der Waals surface area contributed by atoms with Gasteiger partial charge < -0.3 is 48.5 Å². The van der Waals surface area contributed by atoms with Crippen molar-refractivity contribution in [3.05, 3.63) is 215 Å². The van der Waals surface area contributed by atoms with Gasteiger partial charge in [0.2, 0.25) is 11.8 Å². The molecule has 0 aliphatic carbocycles. The van der Waals surface area contributed by atoms with Crippen molar-refractivity contribution in [3.8, 4) is 0 Å². The fourth-order valence-electron chi connectivity index (χ4n) is 10.2. The van der Waals surface area contributed by atoms with Crippen molar-refractivity contribution in [1.82, 2.24) is 10.6 Å². The van der Waals surface area contributed by atoms with Crippen LogP contribution in [0.4, 0.5) is 0 Å². The minimum Gasteiger partial charge on any atom is -0.374 e. The number of amides is 2. The molecule has 0 bridgehead atoms. The minimum atomic E-state index is -1.02. The molecule has 6 aromatic rings. The summed E-state index contributed by atoms with van der Waals surface area (Å²) < 4.78 is 55.6. The number of unbranched alkanes of at least 4 members (excludes halogenated alkanes) is 8. The number of carbonyl (C=O) groups excluding carboxylic acids is 2. The summed E-state index contributed by atoms with van der Waals surface area (Å²) >= 11 is 0. The molecule has 0 saturated carbocycles. The van der Waals surface area contributed by atoms with E-state index in [1.54, 1.807) is 0 Å². The molecular weight excluding hydrogens is 1040 g/mol. The highest BCUT2D eigenvalue weighted by molar-refractivity contribution is 5.81. The van der Waals surface area contributed by atoms with Crippen molar-refractivity contribution in [3.63, 3.8) is 0 Å². The first kappa shape index (κ1) is 64.5. The van der Waals surface area contributed by atoms with E-state index in [0.29, 0.717) is 32.7 Å². The zero-order valence-corrected chi connectivity index (χ0v) is 49.7. The second-order valence-corrected chi connectivity index (χ2v) is 22.8. The molecule has 2 amide bonds. The fourth-order valence-corrected chi connectivity index (χ4v) is 10.2. The van der Waals surface area contributed by atoms with Crippen molar-refractivity contribution < 1.29 is 47.5 Å². The maximum absolute atomic E-state index is 14.4. The topological polar surface area (TPSA) is 132 Å². The van der Waals surface area contributed by atoms with E-state index in [1.807, 2.05) is 191 Å². The first-order valence-electron chi connectivity index (χ1n) is 30.4. The third kappa shape index (κ3) is 23.5. The lowest BCUT2D eigenvalue weighted by molar-refractivity contribution is -0.330. The van der Waals surface area contributed by atoms with Crippen LogP contribution >= 0.6 is 0 Å². The van der Waals surface area contributed by atoms with E-state index in [1.165, 1.54) is 0 Å². The average molecular weight is 1130 g/mol. The van der Waals surface area contributed by atoms with Crippen LogP contribution in [0.25, 0.3) is 0 Å². The van der Waals surface area contributed by atoms with Gasteiger partial charge in [0, 0.05) is 18.4 Å². The molecule has 446 valence electrons. The van der Waals surface area contributed by atoms with Gasteiger partial charge in [-0.15, -0.1) is 0 Å². The lowest BCUT2D eigenvalue weighted by Crippen LogP contribution is -2.62. The monoisotopic (exact) mass is 1130 g/mol. The van der Waals surface area contributed by atoms with Gasteiger partial charge in [-0.3, -0.25) is 9.59 Å². The Hall–Kier alpha value is -6.06. The largest absolute Gasteiger partial charge is 0.374 e. The summed E-state index contributed by atoms with van der Waals surface area (Å²) in [6.07, 6.45) is 5.41. The van der Waals surface area contributed by atoms with Crippen LogP contribution in [0.2, 0.25) is 0 Å². The van der Waals surface area contributed by atoms with Gasteiger partial charge in [0.05, 0.1) is 65.0 Å². The molecule has 12 heteroatoms. The SMILES string of the molecule is CC[C@@H](OCc1ccccc1)[C@@H](OCc1ccccc1)[C@H](COC1OC(COCc2ccccc2)C(OCc2ccccc2)C(OCc2ccccc2)C1OCc1ccccc1)NC(=O)CCCCCCCCCCCNC(=O)C(C)(C)C. The second-order valence-electron chi connectivity index (χ2n) is 22.8. The molecule has 6 aromatic carbocycles. The molecule has 1 saturated heterocycles. The van der Waals surface area contributed by atoms with Gasteiger partial charge >= 0.3 is 0 Å². The van der Waals surface area contributed by atoms with Crippen LogP contribution < -0.4 is 10.6 Å². The van der Waals surface area contributed by atoms with Crippen LogP contribution in [-0.2, 0) is 87.1 Å². The van der Waals surface area contributed by atoms with Crippen LogP contribution in [-0.4, -0.2) is 80.5 Å². The predicted octanol–water partition coefficient (Wildman–Crippen LogP) is 13.8. The molecule has 1 aliphatic rings. The molecule has 12 nitrogen and oxygen atoms in total. The van der Waals surface area contributed by atoms with Gasteiger partial charge in [0.15, 0.2) is 6.29 Å². The number of rotatable bonds is 38. The number of hydrogen-bond donors (Lipinski definition) is 2. The van der Waals surface area contributed by atoms with Gasteiger partial charge in [-0.2, -0.15) is 0 Å². The highest BCUT2D eigenvalue weighted by Gasteiger charge is 2.50. The minimum absolute atomic E-state index is 0.00620. The lowest BCUT2D eigenvalue weighted by atomic mass is 9.96. The summed E-state index contributed by atoms with van der Waals surface area (Å²) in [5.41, 5.74) is 5.66. The molecule has 1 fully saturated rings. The molecule has 0 spiro atoms. The van der Waals surface area contributed by atoms with Gasteiger partial charge in [-0.1, -0.05) is 255 Å². The summed E-state index contributed by atoms with van der Waals surface area (Å²) in [6.45, 7) is 10.6. The molecule has 8 atom stereocenters. The molecule has 7 rings (SSSR count). The Morgan fingerprint density at radius 3 is 1.36 bits per heavy atom. The Morgan fingerprint density at radius 2 is 0.892 bits per heavy atom. The number of benzene rings is 6. The highest BCUT2D eigenvalue weighted by atomic mass is 16.7. The van der Waals surface area contributed by atoms with Gasteiger partial charge in [0.1, 0.15) is 30.5 Å². The van der Waals surface area contributed by atoms with Crippen molar-refractivity contribution in [2.24, 2.45) is 5.41 Å². The summed E-state index contributed by atoms with van der Waals surface area (Å²) in [4.78, 5) is 26.7. The fraction of sp³-hybridized carbons (Fsp3) is 0.465. The van der Waals surface area contributed by atoms with E-state index >= 15 is 0 Å². The smallest absolute Gasteiger partial charge is 0.225 e. The zero-order chi connectivity index (χ0) is 58.2. The van der Waals surface area contributed by atoms with E-state index in [2.05, 4.69) is 29.7 Å². The van der Waals surface area contributed by atoms with Crippen molar-refractivity contribution in [2.75, 3.05) is 19.8 Å². The van der Waals surface area contributed by atoms with Crippen LogP contribution in [0.1, 0.15) is 132 Å². The van der Waals surface area contributed by atoms with Gasteiger partial charge in [-0.25, -0.2) is 0 Å². The third-order valence-electron chi connectivity index (χ3n) is 14.9. The number of ether oxygens (including phenoxy) is 8. The van der Waals surface area contributed by atoms with Gasteiger partial charge in [0.25, 0.3) is 0 Å².